The number of amides is 4. The molecule has 4 amide bonds. The molecule has 5 rings (SSSR count). The van der Waals surface area contributed by atoms with E-state index >= 15 is 0 Å². The number of rotatable bonds is 22. The molecule has 0 bridgehead atoms. The number of ether oxygens (including phenoxy) is 2. The van der Waals surface area contributed by atoms with E-state index in [-0.39, 0.29) is 56.2 Å². The Morgan fingerprint density at radius 3 is 1.44 bits per heavy atom. The van der Waals surface area contributed by atoms with Crippen LogP contribution >= 0.6 is 58.0 Å². The molecular weight excluding hydrogens is 1020 g/mol. The zero-order valence-corrected chi connectivity index (χ0v) is 43.0. The fourth-order valence-electron chi connectivity index (χ4n) is 6.81. The number of ketones is 2. The summed E-state index contributed by atoms with van der Waals surface area (Å²) in [6.07, 6.45) is 0.196. The molecule has 16 nitrogen and oxygen atoms in total. The van der Waals surface area contributed by atoms with Crippen molar-refractivity contribution >= 4 is 127 Å². The molecule has 0 aliphatic rings. The van der Waals surface area contributed by atoms with Crippen molar-refractivity contribution in [1.82, 2.24) is 0 Å². The molecule has 372 valence electrons. The number of hydrogen-bond acceptors (Lipinski definition) is 12. The molecule has 0 aliphatic heterocycles. The zero-order valence-electron chi connectivity index (χ0n) is 39.2. The van der Waals surface area contributed by atoms with Crippen molar-refractivity contribution in [2.45, 2.75) is 70.8 Å². The van der Waals surface area contributed by atoms with Crippen molar-refractivity contribution in [3.8, 4) is 11.5 Å². The molecule has 4 N–H and O–H groups in total. The third-order valence-corrected chi connectivity index (χ3v) is 11.7. The molecule has 0 heterocycles. The number of nitrogens with zero attached hydrogens (tertiary/aromatic N) is 4. The standard InChI is InChI=1S/C50H49Cl5N8O8/c1-7-70-32-16-18-34(26(3)52)41(24-32)58-47(66)36-11-9-13-39(43(36)54)60-62-45(28(5)64)49(68)56-31-15-20-38(30(23-31)21-22-51)57-50(69)46(29(6)65)63-61-40-14-10-12-37(44(40)55)48(67)59-42-25-33(71-8-2)17-19-35(42)27(4)53/h9-20,23-27,45-46H,7-8,21-22H2,1-6H3,(H,56,68)(H,57,69)(H,58,66)(H,59,67). The van der Waals surface area contributed by atoms with Gasteiger partial charge in [-0.1, -0.05) is 47.5 Å². The highest BCUT2D eigenvalue weighted by molar-refractivity contribution is 6.37. The van der Waals surface area contributed by atoms with E-state index in [0.29, 0.717) is 52.8 Å². The number of carbonyl (C=O) groups excluding carboxylic acids is 6. The van der Waals surface area contributed by atoms with Crippen LogP contribution in [0.2, 0.25) is 10.0 Å². The Balaban J connectivity index is 1.29. The minimum atomic E-state index is -1.64. The summed E-state index contributed by atoms with van der Waals surface area (Å²) in [5, 5.41) is 26.0. The number of anilines is 4. The quantitative estimate of drug-likeness (QED) is 0.0296. The van der Waals surface area contributed by atoms with Crippen molar-refractivity contribution in [3.63, 3.8) is 0 Å². The van der Waals surface area contributed by atoms with Gasteiger partial charge in [0.15, 0.2) is 11.6 Å². The Bertz CT molecular complexity index is 2880. The summed E-state index contributed by atoms with van der Waals surface area (Å²) in [5.74, 6) is -3.03. The van der Waals surface area contributed by atoms with Crippen LogP contribution in [0.15, 0.2) is 111 Å². The fraction of sp³-hybridized carbons (Fsp3) is 0.280. The number of Topliss-reactive ketones (excluding diaryl/α,β-unsaturated/α-hetero) is 2. The molecular formula is C50H49Cl5N8O8. The van der Waals surface area contributed by atoms with E-state index in [0.717, 1.165) is 13.8 Å². The molecule has 0 spiro atoms. The maximum Gasteiger partial charge on any atom is 0.258 e. The predicted molar refractivity (Wildman–Crippen MR) is 279 cm³/mol. The van der Waals surface area contributed by atoms with Gasteiger partial charge >= 0.3 is 0 Å². The first-order valence-corrected chi connectivity index (χ1v) is 24.2. The summed E-state index contributed by atoms with van der Waals surface area (Å²) < 4.78 is 11.2. The van der Waals surface area contributed by atoms with Gasteiger partial charge in [-0.25, -0.2) is 0 Å². The monoisotopic (exact) mass is 1060 g/mol. The van der Waals surface area contributed by atoms with Crippen molar-refractivity contribution in [3.05, 3.63) is 129 Å². The maximum atomic E-state index is 13.6. The molecule has 0 saturated heterocycles. The van der Waals surface area contributed by atoms with Gasteiger partial charge in [0.1, 0.15) is 22.9 Å². The lowest BCUT2D eigenvalue weighted by molar-refractivity contribution is -0.127. The summed E-state index contributed by atoms with van der Waals surface area (Å²) in [7, 11) is 0. The first-order chi connectivity index (χ1) is 33.9. The average Bonchev–Trinajstić information content (AvgIpc) is 3.31. The van der Waals surface area contributed by atoms with Crippen LogP contribution in [0.5, 0.6) is 11.5 Å². The largest absolute Gasteiger partial charge is 0.494 e. The second kappa shape index (κ2) is 26.1. The SMILES string of the molecule is CCOc1ccc(C(C)Cl)c(NC(=O)c2cccc(N=NC(C(C)=O)C(=O)Nc3ccc(NC(=O)C(N=Nc4cccc(C(=O)Nc5cc(OCC)ccc5C(C)Cl)c4Cl)C(C)=O)c(CCCl)c3)c2Cl)c1. The highest BCUT2D eigenvalue weighted by Gasteiger charge is 2.27. The number of nitrogens with one attached hydrogen (secondary N) is 4. The molecule has 0 radical (unpaired) electrons. The normalized spacial score (nSPS) is 12.9. The van der Waals surface area contributed by atoms with Crippen LogP contribution in [-0.4, -0.2) is 66.4 Å². The summed E-state index contributed by atoms with van der Waals surface area (Å²) >= 11 is 32.1. The number of aryl methyl sites for hydroxylation is 1. The lowest BCUT2D eigenvalue weighted by atomic mass is 10.1. The van der Waals surface area contributed by atoms with E-state index in [1.54, 1.807) is 50.2 Å². The van der Waals surface area contributed by atoms with E-state index in [2.05, 4.69) is 41.7 Å². The van der Waals surface area contributed by atoms with Gasteiger partial charge < -0.3 is 30.7 Å². The van der Waals surface area contributed by atoms with Crippen molar-refractivity contribution in [2.75, 3.05) is 40.4 Å². The van der Waals surface area contributed by atoms with Gasteiger partial charge in [0.25, 0.3) is 23.6 Å². The molecule has 71 heavy (non-hydrogen) atoms. The van der Waals surface area contributed by atoms with E-state index in [9.17, 15) is 28.8 Å². The van der Waals surface area contributed by atoms with Crippen LogP contribution in [0, 0.1) is 0 Å². The minimum Gasteiger partial charge on any atom is -0.494 e. The van der Waals surface area contributed by atoms with Crippen molar-refractivity contribution < 1.29 is 38.2 Å². The van der Waals surface area contributed by atoms with Crippen LogP contribution in [0.25, 0.3) is 0 Å². The van der Waals surface area contributed by atoms with E-state index in [1.165, 1.54) is 54.6 Å². The first-order valence-electron chi connectivity index (χ1n) is 22.0. The molecule has 4 unspecified atom stereocenters. The molecule has 0 saturated carbocycles. The summed E-state index contributed by atoms with van der Waals surface area (Å²) in [4.78, 5) is 79.6. The zero-order chi connectivity index (χ0) is 51.9. The lowest BCUT2D eigenvalue weighted by Gasteiger charge is -2.16. The molecule has 0 aromatic heterocycles. The molecule has 4 atom stereocenters. The maximum absolute atomic E-state index is 13.6. The third kappa shape index (κ3) is 14.8. The molecule has 0 fully saturated rings. The van der Waals surface area contributed by atoms with Crippen LogP contribution in [-0.2, 0) is 25.6 Å². The van der Waals surface area contributed by atoms with Gasteiger partial charge in [-0.3, -0.25) is 28.8 Å². The van der Waals surface area contributed by atoms with E-state index < -0.39 is 58.0 Å². The van der Waals surface area contributed by atoms with E-state index in [4.69, 9.17) is 67.5 Å². The Morgan fingerprint density at radius 1 is 0.577 bits per heavy atom. The van der Waals surface area contributed by atoms with Crippen LogP contribution in [0.1, 0.15) is 89.7 Å². The fourth-order valence-corrected chi connectivity index (χ4v) is 7.89. The van der Waals surface area contributed by atoms with Crippen molar-refractivity contribution in [2.24, 2.45) is 20.5 Å². The van der Waals surface area contributed by atoms with Gasteiger partial charge in [0.05, 0.1) is 45.1 Å². The van der Waals surface area contributed by atoms with E-state index in [1.807, 2.05) is 13.8 Å². The topological polar surface area (TPSA) is 218 Å². The first kappa shape index (κ1) is 55.5. The highest BCUT2D eigenvalue weighted by atomic mass is 35.5. The Morgan fingerprint density at radius 2 is 1.03 bits per heavy atom. The summed E-state index contributed by atoms with van der Waals surface area (Å²) in [6.45, 7) is 10.3. The Hall–Kier alpha value is -6.43. The highest BCUT2D eigenvalue weighted by Crippen LogP contribution is 2.36. The van der Waals surface area contributed by atoms with Crippen LogP contribution in [0.4, 0.5) is 34.1 Å². The predicted octanol–water partition coefficient (Wildman–Crippen LogP) is 13.0. The van der Waals surface area contributed by atoms with Gasteiger partial charge in [-0.15, -0.1) is 34.8 Å². The Kier molecular flexibility index (Phi) is 20.4. The number of hydrogen-bond donors (Lipinski definition) is 4. The summed E-state index contributed by atoms with van der Waals surface area (Å²) in [6, 6.07) is 20.3. The number of azo groups is 2. The van der Waals surface area contributed by atoms with Gasteiger partial charge in [-0.05, 0) is 119 Å². The average molecular weight is 1070 g/mol. The van der Waals surface area contributed by atoms with Crippen LogP contribution < -0.4 is 30.7 Å². The molecule has 21 heteroatoms. The number of halogens is 5. The summed E-state index contributed by atoms with van der Waals surface area (Å²) in [5.41, 5.74) is 3.11. The Labute approximate surface area is 435 Å². The van der Waals surface area contributed by atoms with Gasteiger partial charge in [0, 0.05) is 40.8 Å². The number of carbonyl (C=O) groups is 6. The van der Waals surface area contributed by atoms with Gasteiger partial charge in [0.2, 0.25) is 12.1 Å². The smallest absolute Gasteiger partial charge is 0.258 e. The lowest BCUT2D eigenvalue weighted by Crippen LogP contribution is -2.32. The number of benzene rings is 5. The second-order valence-electron chi connectivity index (χ2n) is 15.5. The molecule has 5 aromatic rings. The second-order valence-corrected chi connectivity index (χ2v) is 18.0. The molecule has 5 aromatic carbocycles. The third-order valence-electron chi connectivity index (χ3n) is 10.3. The number of alkyl halides is 3. The van der Waals surface area contributed by atoms with Crippen LogP contribution in [0.3, 0.4) is 0 Å². The van der Waals surface area contributed by atoms with Gasteiger partial charge in [-0.2, -0.15) is 20.5 Å². The minimum absolute atomic E-state index is 0.00904. The van der Waals surface area contributed by atoms with Crippen molar-refractivity contribution in [1.29, 1.82) is 0 Å². The molecule has 0 aliphatic carbocycles.